The smallest absolute Gasteiger partial charge is 0.549 e. The van der Waals surface area contributed by atoms with Crippen molar-refractivity contribution in [3.8, 4) is 0 Å². The van der Waals surface area contributed by atoms with Crippen LogP contribution in [-0.4, -0.2) is 15.9 Å². The van der Waals surface area contributed by atoms with Crippen LogP contribution in [0.5, 0.6) is 0 Å². The summed E-state index contributed by atoms with van der Waals surface area (Å²) in [6.07, 6.45) is 0. The van der Waals surface area contributed by atoms with E-state index in [2.05, 4.69) is 0 Å². The molecule has 1 aromatic rings. The number of hydrogen-bond donors (Lipinski definition) is 0. The van der Waals surface area contributed by atoms with Gasteiger partial charge in [0.05, 0.1) is 10.2 Å². The Hall–Kier alpha value is 0.130. The third-order valence-electron chi connectivity index (χ3n) is 1.33. The number of carboxylic acids is 1. The summed E-state index contributed by atoms with van der Waals surface area (Å²) >= 11 is 6.12. The molecule has 0 fully saturated rings. The van der Waals surface area contributed by atoms with Crippen molar-refractivity contribution in [1.82, 2.24) is 0 Å². The molecule has 1 rings (SSSR count). The normalized spacial score (nSPS) is 8.86. The molecule has 0 spiro atoms. The van der Waals surface area contributed by atoms with Gasteiger partial charge < -0.3 is 9.90 Å². The molecule has 0 aromatic heterocycles. The third-order valence-corrected chi connectivity index (χ3v) is 2.80. The van der Waals surface area contributed by atoms with Gasteiger partial charge in [-0.2, -0.15) is 0 Å². The molecule has 0 unspecified atom stereocenters. The monoisotopic (exact) mass is 234 g/mol. The number of carbonyl (C=O) groups excluding carboxylic acids is 1. The fraction of sp³-hybridized carbons (Fsp3) is 0.111. The largest absolute Gasteiger partial charge is 1.00 e. The maximum absolute atomic E-state index is 10.1. The van der Waals surface area contributed by atoms with E-state index in [0.717, 1.165) is 17.3 Å². The quantitative estimate of drug-likeness (QED) is 0.442. The predicted molar refractivity (Wildman–Crippen MR) is 55.6 cm³/mol. The van der Waals surface area contributed by atoms with Gasteiger partial charge in [-0.3, -0.25) is 0 Å². The average molecular weight is 234 g/mol. The van der Waals surface area contributed by atoms with Crippen LogP contribution in [0.4, 0.5) is 0 Å². The number of rotatable bonds is 3. The first-order valence-corrected chi connectivity index (χ1v) is 5.01. The van der Waals surface area contributed by atoms with Crippen LogP contribution in [0.2, 0.25) is 0 Å². The van der Waals surface area contributed by atoms with Crippen molar-refractivity contribution in [3.63, 3.8) is 0 Å². The fourth-order valence-corrected chi connectivity index (χ4v) is 1.65. The van der Waals surface area contributed by atoms with Crippen LogP contribution in [0.15, 0.2) is 30.3 Å². The molecule has 0 radical (unpaired) electrons. The minimum Gasteiger partial charge on any atom is -0.549 e. The molecule has 14 heavy (non-hydrogen) atoms. The van der Waals surface area contributed by atoms with Crippen molar-refractivity contribution in [1.29, 1.82) is 0 Å². The van der Waals surface area contributed by atoms with Crippen LogP contribution in [0.1, 0.15) is 5.56 Å². The Morgan fingerprint density at radius 2 is 1.93 bits per heavy atom. The minimum atomic E-state index is -1.09. The number of benzene rings is 1. The molecule has 0 saturated heterocycles. The number of carboxylic acid groups (broad SMARTS) is 1. The Balaban J connectivity index is 0.00000169. The maximum atomic E-state index is 10.1. The molecule has 0 atom stereocenters. The van der Waals surface area contributed by atoms with Gasteiger partial charge in [0.15, 0.2) is 0 Å². The number of carbonyl (C=O) groups is 1. The van der Waals surface area contributed by atoms with Crippen molar-refractivity contribution in [2.24, 2.45) is 0 Å². The molecule has 1 aromatic carbocycles. The molecule has 0 aliphatic carbocycles. The second-order valence-corrected chi connectivity index (χ2v) is 3.97. The molecule has 0 heterocycles. The molecular formula is C9H7NaO2S2. The first-order chi connectivity index (χ1) is 6.20. The minimum absolute atomic E-state index is 0. The molecule has 5 heteroatoms. The van der Waals surface area contributed by atoms with Crippen LogP contribution in [-0.2, 0) is 4.79 Å². The molecule has 0 bridgehead atoms. The number of thiocarbonyl (C=S) groups is 1. The molecule has 0 aliphatic rings. The average Bonchev–Trinajstić information content (AvgIpc) is 2.15. The Labute approximate surface area is 114 Å². The van der Waals surface area contributed by atoms with E-state index in [1.807, 2.05) is 30.3 Å². The summed E-state index contributed by atoms with van der Waals surface area (Å²) in [5.74, 6) is -1.18. The summed E-state index contributed by atoms with van der Waals surface area (Å²) < 4.78 is 0.588. The van der Waals surface area contributed by atoms with E-state index in [1.54, 1.807) is 0 Å². The van der Waals surface area contributed by atoms with Gasteiger partial charge in [0.1, 0.15) is 0 Å². The van der Waals surface area contributed by atoms with E-state index in [4.69, 9.17) is 12.2 Å². The van der Waals surface area contributed by atoms with Gasteiger partial charge in [0, 0.05) is 5.75 Å². The molecule has 68 valence electrons. The number of aliphatic carboxylic acids is 1. The first kappa shape index (κ1) is 14.1. The molecule has 0 N–H and O–H groups in total. The van der Waals surface area contributed by atoms with Crippen molar-refractivity contribution in [3.05, 3.63) is 35.9 Å². The topological polar surface area (TPSA) is 40.1 Å². The molecule has 2 nitrogen and oxygen atoms in total. The summed E-state index contributed by atoms with van der Waals surface area (Å²) in [7, 11) is 0. The summed E-state index contributed by atoms with van der Waals surface area (Å²) in [4.78, 5) is 10.1. The van der Waals surface area contributed by atoms with Gasteiger partial charge >= 0.3 is 29.6 Å². The third kappa shape index (κ3) is 5.12. The van der Waals surface area contributed by atoms with Crippen molar-refractivity contribution in [2.45, 2.75) is 0 Å². The fourth-order valence-electron chi connectivity index (χ4n) is 0.782. The van der Waals surface area contributed by atoms with Crippen LogP contribution >= 0.6 is 24.0 Å². The Morgan fingerprint density at radius 3 is 2.43 bits per heavy atom. The summed E-state index contributed by atoms with van der Waals surface area (Å²) in [6.45, 7) is 0. The van der Waals surface area contributed by atoms with E-state index in [1.165, 1.54) is 0 Å². The van der Waals surface area contributed by atoms with E-state index >= 15 is 0 Å². The van der Waals surface area contributed by atoms with E-state index < -0.39 is 5.97 Å². The van der Waals surface area contributed by atoms with Gasteiger partial charge in [-0.25, -0.2) is 0 Å². The summed E-state index contributed by atoms with van der Waals surface area (Å²) in [6, 6.07) is 9.31. The van der Waals surface area contributed by atoms with Crippen LogP contribution in [0.3, 0.4) is 0 Å². The zero-order chi connectivity index (χ0) is 9.68. The number of hydrogen-bond acceptors (Lipinski definition) is 4. The van der Waals surface area contributed by atoms with Crippen LogP contribution in [0, 0.1) is 0 Å². The predicted octanol–water partition coefficient (Wildman–Crippen LogP) is -2.15. The maximum Gasteiger partial charge on any atom is 1.00 e. The summed E-state index contributed by atoms with van der Waals surface area (Å²) in [5, 5.41) is 10.1. The van der Waals surface area contributed by atoms with Crippen molar-refractivity contribution < 1.29 is 39.5 Å². The second kappa shape index (κ2) is 7.43. The molecule has 0 saturated carbocycles. The second-order valence-electron chi connectivity index (χ2n) is 2.31. The van der Waals surface area contributed by atoms with Crippen LogP contribution in [0.25, 0.3) is 0 Å². The van der Waals surface area contributed by atoms with E-state index in [-0.39, 0.29) is 35.3 Å². The van der Waals surface area contributed by atoms with E-state index in [9.17, 15) is 9.90 Å². The Bertz CT molecular complexity index is 314. The zero-order valence-corrected chi connectivity index (χ0v) is 11.4. The Kier molecular flexibility index (Phi) is 7.49. The standard InChI is InChI=1S/C9H8O2S2.Na/c10-8(11)6-13-9(12)7-4-2-1-3-5-7;/h1-5H,6H2,(H,10,11);/q;+1/p-1. The van der Waals surface area contributed by atoms with Gasteiger partial charge in [-0.05, 0) is 5.56 Å². The van der Waals surface area contributed by atoms with E-state index in [0.29, 0.717) is 4.20 Å². The number of thioether (sulfide) groups is 1. The SMILES string of the molecule is O=C([O-])CSC(=S)c1ccccc1.[Na+]. The Morgan fingerprint density at radius 1 is 1.36 bits per heavy atom. The molecule has 0 aliphatic heterocycles. The van der Waals surface area contributed by atoms with Gasteiger partial charge in [-0.1, -0.05) is 42.5 Å². The zero-order valence-electron chi connectivity index (χ0n) is 7.73. The van der Waals surface area contributed by atoms with Gasteiger partial charge in [0.25, 0.3) is 0 Å². The van der Waals surface area contributed by atoms with Gasteiger partial charge in [-0.15, -0.1) is 11.8 Å². The van der Waals surface area contributed by atoms with Gasteiger partial charge in [0.2, 0.25) is 0 Å². The van der Waals surface area contributed by atoms with Crippen LogP contribution < -0.4 is 34.7 Å². The van der Waals surface area contributed by atoms with Crippen molar-refractivity contribution >= 4 is 34.1 Å². The first-order valence-electron chi connectivity index (χ1n) is 3.62. The molecule has 0 amide bonds. The van der Waals surface area contributed by atoms with Crippen molar-refractivity contribution in [2.75, 3.05) is 5.75 Å². The summed E-state index contributed by atoms with van der Waals surface area (Å²) in [5.41, 5.74) is 0.878. The molecular weight excluding hydrogens is 227 g/mol.